The van der Waals surface area contributed by atoms with E-state index in [1.807, 2.05) is 37.3 Å². The smallest absolute Gasteiger partial charge is 0.329 e. The van der Waals surface area contributed by atoms with Gasteiger partial charge < -0.3 is 4.74 Å². The lowest BCUT2D eigenvalue weighted by molar-refractivity contribution is -0.154. The number of nitrogens with zero attached hydrogens (tertiary/aromatic N) is 2. The van der Waals surface area contributed by atoms with Crippen LogP contribution in [-0.2, 0) is 9.53 Å². The normalized spacial score (nSPS) is 27.9. The molecule has 1 aromatic rings. The lowest BCUT2D eigenvalue weighted by Gasteiger charge is -2.62. The van der Waals surface area contributed by atoms with Crippen LogP contribution in [0.4, 0.5) is 10.5 Å². The molecule has 0 bridgehead atoms. The Morgan fingerprint density at radius 2 is 2.10 bits per heavy atom. The van der Waals surface area contributed by atoms with E-state index in [2.05, 4.69) is 0 Å². The van der Waals surface area contributed by atoms with E-state index in [4.69, 9.17) is 4.74 Å². The number of urea groups is 1. The van der Waals surface area contributed by atoms with E-state index in [0.717, 1.165) is 18.5 Å². The number of ether oxygens (including phenoxy) is 1. The van der Waals surface area contributed by atoms with Crippen LogP contribution < -0.4 is 4.90 Å². The third-order valence-electron chi connectivity index (χ3n) is 4.41. The molecule has 1 aromatic carbocycles. The number of benzene rings is 1. The second-order valence-electron chi connectivity index (χ2n) is 5.70. The summed E-state index contributed by atoms with van der Waals surface area (Å²) in [5.74, 6) is -0.288. The highest BCUT2D eigenvalue weighted by atomic mass is 16.5. The Bertz CT molecular complexity index is 560. The number of carbonyl (C=O) groups is 2. The predicted molar refractivity (Wildman–Crippen MR) is 78.8 cm³/mol. The Morgan fingerprint density at radius 1 is 1.38 bits per heavy atom. The molecule has 0 unspecified atom stereocenters. The predicted octanol–water partition coefficient (Wildman–Crippen LogP) is 2.76. The fraction of sp³-hybridized carbons (Fsp3) is 0.500. The first-order chi connectivity index (χ1) is 10.1. The molecule has 2 heterocycles. The van der Waals surface area contributed by atoms with Crippen LogP contribution in [0.1, 0.15) is 33.1 Å². The maximum Gasteiger partial charge on any atom is 0.329 e. The summed E-state index contributed by atoms with van der Waals surface area (Å²) in [5, 5.41) is 0. The molecule has 0 N–H and O–H groups in total. The topological polar surface area (TPSA) is 49.9 Å². The molecule has 0 aliphatic carbocycles. The number of hydrogen-bond acceptors (Lipinski definition) is 3. The summed E-state index contributed by atoms with van der Waals surface area (Å²) in [7, 11) is 0. The third kappa shape index (κ3) is 1.99. The number of anilines is 1. The Labute approximate surface area is 124 Å². The van der Waals surface area contributed by atoms with Gasteiger partial charge in [-0.25, -0.2) is 9.59 Å². The van der Waals surface area contributed by atoms with Gasteiger partial charge in [0.25, 0.3) is 0 Å². The summed E-state index contributed by atoms with van der Waals surface area (Å²) >= 11 is 0. The SMILES string of the molecule is CCOC(=O)[C@H]1CCC[C@]2(C)N(c3ccccc3)C(=O)N12. The fourth-order valence-electron chi connectivity index (χ4n) is 3.47. The standard InChI is InChI=1S/C16H20N2O3/c1-3-21-14(19)13-10-7-11-16(2)17(15(20)18(13)16)12-8-5-4-6-9-12/h4-6,8-9,13H,3,7,10-11H2,1-2H3/t13-,16-/m1/s1. The molecule has 2 fully saturated rings. The maximum absolute atomic E-state index is 12.6. The molecule has 2 amide bonds. The van der Waals surface area contributed by atoms with E-state index in [1.54, 1.807) is 16.7 Å². The van der Waals surface area contributed by atoms with Gasteiger partial charge in [0.15, 0.2) is 0 Å². The van der Waals surface area contributed by atoms with Crippen molar-refractivity contribution in [2.45, 2.75) is 44.8 Å². The molecular weight excluding hydrogens is 268 g/mol. The number of amides is 2. The van der Waals surface area contributed by atoms with Crippen LogP contribution in [0.5, 0.6) is 0 Å². The minimum absolute atomic E-state index is 0.110. The molecule has 0 radical (unpaired) electrons. The van der Waals surface area contributed by atoms with Gasteiger partial charge in [-0.15, -0.1) is 0 Å². The van der Waals surface area contributed by atoms with Gasteiger partial charge in [-0.1, -0.05) is 18.2 Å². The summed E-state index contributed by atoms with van der Waals surface area (Å²) < 4.78 is 5.12. The summed E-state index contributed by atoms with van der Waals surface area (Å²) in [6, 6.07) is 9.05. The van der Waals surface area contributed by atoms with E-state index in [1.165, 1.54) is 0 Å². The quantitative estimate of drug-likeness (QED) is 0.804. The number of hydrogen-bond donors (Lipinski definition) is 0. The van der Waals surface area contributed by atoms with Crippen molar-refractivity contribution in [3.63, 3.8) is 0 Å². The first-order valence-corrected chi connectivity index (χ1v) is 7.45. The van der Waals surface area contributed by atoms with Gasteiger partial charge in [0.2, 0.25) is 0 Å². The molecule has 112 valence electrons. The highest BCUT2D eigenvalue weighted by Crippen LogP contribution is 2.46. The highest BCUT2D eigenvalue weighted by Gasteiger charge is 2.60. The van der Waals surface area contributed by atoms with Gasteiger partial charge in [0.1, 0.15) is 11.7 Å². The average molecular weight is 288 g/mol. The molecule has 2 aliphatic rings. The van der Waals surface area contributed by atoms with Crippen molar-refractivity contribution >= 4 is 17.7 Å². The summed E-state index contributed by atoms with van der Waals surface area (Å²) in [5.41, 5.74) is 0.458. The molecule has 0 saturated carbocycles. The van der Waals surface area contributed by atoms with Crippen molar-refractivity contribution in [3.05, 3.63) is 30.3 Å². The average Bonchev–Trinajstić information content (AvgIpc) is 2.47. The van der Waals surface area contributed by atoms with Crippen molar-refractivity contribution in [2.75, 3.05) is 11.5 Å². The summed E-state index contributed by atoms with van der Waals surface area (Å²) in [6.45, 7) is 4.15. The van der Waals surface area contributed by atoms with Crippen molar-refractivity contribution in [1.29, 1.82) is 0 Å². The number of para-hydroxylation sites is 1. The van der Waals surface area contributed by atoms with Crippen molar-refractivity contribution in [1.82, 2.24) is 4.90 Å². The van der Waals surface area contributed by atoms with E-state index in [0.29, 0.717) is 13.0 Å². The van der Waals surface area contributed by atoms with Gasteiger partial charge in [0.05, 0.1) is 6.61 Å². The van der Waals surface area contributed by atoms with Crippen LogP contribution in [0.3, 0.4) is 0 Å². The Kier molecular flexibility index (Phi) is 3.35. The van der Waals surface area contributed by atoms with Gasteiger partial charge in [-0.3, -0.25) is 9.80 Å². The van der Waals surface area contributed by atoms with Crippen LogP contribution in [-0.4, -0.2) is 35.2 Å². The van der Waals surface area contributed by atoms with Crippen LogP contribution in [0.15, 0.2) is 30.3 Å². The lowest BCUT2D eigenvalue weighted by Crippen LogP contribution is -2.80. The second kappa shape index (κ2) is 5.06. The fourth-order valence-corrected chi connectivity index (χ4v) is 3.47. The number of esters is 1. The number of carbonyl (C=O) groups excluding carboxylic acids is 2. The van der Waals surface area contributed by atoms with Crippen LogP contribution >= 0.6 is 0 Å². The lowest BCUT2D eigenvalue weighted by atomic mass is 9.85. The van der Waals surface area contributed by atoms with Crippen molar-refractivity contribution in [2.24, 2.45) is 0 Å². The molecule has 2 saturated heterocycles. The molecule has 5 heteroatoms. The van der Waals surface area contributed by atoms with Crippen molar-refractivity contribution in [3.8, 4) is 0 Å². The number of fused-ring (bicyclic) bond motifs is 1. The molecule has 21 heavy (non-hydrogen) atoms. The molecule has 0 aromatic heterocycles. The molecule has 5 nitrogen and oxygen atoms in total. The van der Waals surface area contributed by atoms with Gasteiger partial charge in [-0.2, -0.15) is 0 Å². The van der Waals surface area contributed by atoms with E-state index in [9.17, 15) is 9.59 Å². The first-order valence-electron chi connectivity index (χ1n) is 7.45. The zero-order valence-corrected chi connectivity index (χ0v) is 12.4. The molecule has 2 atom stereocenters. The number of piperidine rings is 1. The molecule has 0 spiro atoms. The van der Waals surface area contributed by atoms with Gasteiger partial charge >= 0.3 is 12.0 Å². The van der Waals surface area contributed by atoms with E-state index >= 15 is 0 Å². The van der Waals surface area contributed by atoms with E-state index < -0.39 is 11.7 Å². The van der Waals surface area contributed by atoms with Gasteiger partial charge in [-0.05, 0) is 45.2 Å². The minimum Gasteiger partial charge on any atom is -0.464 e. The van der Waals surface area contributed by atoms with Crippen LogP contribution in [0.25, 0.3) is 0 Å². The molecule has 2 aliphatic heterocycles. The third-order valence-corrected chi connectivity index (χ3v) is 4.41. The summed E-state index contributed by atoms with van der Waals surface area (Å²) in [4.78, 5) is 28.1. The van der Waals surface area contributed by atoms with Gasteiger partial charge in [0, 0.05) is 5.69 Å². The molecule has 3 rings (SSSR count). The largest absolute Gasteiger partial charge is 0.464 e. The second-order valence-corrected chi connectivity index (χ2v) is 5.70. The Balaban J connectivity index is 1.88. The Hall–Kier alpha value is -2.04. The maximum atomic E-state index is 12.6. The van der Waals surface area contributed by atoms with E-state index in [-0.39, 0.29) is 12.0 Å². The first kappa shape index (κ1) is 13.9. The monoisotopic (exact) mass is 288 g/mol. The minimum atomic E-state index is -0.448. The van der Waals surface area contributed by atoms with Crippen LogP contribution in [0, 0.1) is 0 Å². The zero-order chi connectivity index (χ0) is 15.0. The Morgan fingerprint density at radius 3 is 2.76 bits per heavy atom. The number of rotatable bonds is 3. The van der Waals surface area contributed by atoms with Crippen LogP contribution in [0.2, 0.25) is 0 Å². The highest BCUT2D eigenvalue weighted by molar-refractivity contribution is 6.03. The zero-order valence-electron chi connectivity index (χ0n) is 12.4. The molecular formula is C16H20N2O3. The summed E-state index contributed by atoms with van der Waals surface area (Å²) in [6.07, 6.45) is 2.46. The van der Waals surface area contributed by atoms with Crippen molar-refractivity contribution < 1.29 is 14.3 Å².